The average Bonchev–Trinajstić information content (AvgIpc) is 2.80. The molecule has 0 aliphatic heterocycles. The largest absolute Gasteiger partial charge is 0.349 e. The molecule has 0 bridgehead atoms. The van der Waals surface area contributed by atoms with Crippen molar-refractivity contribution in [3.8, 4) is 11.3 Å². The van der Waals surface area contributed by atoms with E-state index < -0.39 is 0 Å². The van der Waals surface area contributed by atoms with Gasteiger partial charge in [-0.25, -0.2) is 4.99 Å². The fourth-order valence-corrected chi connectivity index (χ4v) is 2.33. The van der Waals surface area contributed by atoms with Crippen molar-refractivity contribution in [1.82, 2.24) is 19.6 Å². The number of halogens is 1. The minimum absolute atomic E-state index is 0. The number of nitrogens with zero attached hydrogens (tertiary/aromatic N) is 5. The molecule has 0 saturated heterocycles. The second kappa shape index (κ2) is 8.17. The fourth-order valence-electron chi connectivity index (χ4n) is 2.33. The Morgan fingerprint density at radius 2 is 1.68 bits per heavy atom. The summed E-state index contributed by atoms with van der Waals surface area (Å²) in [6.45, 7) is 0.615. The number of benzene rings is 1. The van der Waals surface area contributed by atoms with Crippen molar-refractivity contribution in [3.63, 3.8) is 0 Å². The molecule has 0 amide bonds. The third-order valence-electron chi connectivity index (χ3n) is 3.14. The molecule has 0 N–H and O–H groups in total. The van der Waals surface area contributed by atoms with Crippen LogP contribution in [0.2, 0.25) is 0 Å². The molecule has 0 spiro atoms. The zero-order valence-electron chi connectivity index (χ0n) is 13.8. The summed E-state index contributed by atoms with van der Waals surface area (Å²) >= 11 is 0. The van der Waals surface area contributed by atoms with E-state index in [1.54, 1.807) is 0 Å². The van der Waals surface area contributed by atoms with Crippen LogP contribution in [0.15, 0.2) is 41.5 Å². The van der Waals surface area contributed by atoms with Crippen LogP contribution >= 0.6 is 24.0 Å². The number of hydrogen-bond donors (Lipinski definition) is 0. The summed E-state index contributed by atoms with van der Waals surface area (Å²) < 4.78 is 1.85. The third kappa shape index (κ3) is 4.46. The van der Waals surface area contributed by atoms with E-state index in [0.29, 0.717) is 6.54 Å². The van der Waals surface area contributed by atoms with E-state index >= 15 is 0 Å². The molecule has 5 nitrogen and oxygen atoms in total. The Bertz CT molecular complexity index is 607. The molecule has 0 aliphatic rings. The van der Waals surface area contributed by atoms with Crippen molar-refractivity contribution in [3.05, 3.63) is 42.1 Å². The molecule has 0 saturated carbocycles. The Labute approximate surface area is 149 Å². The van der Waals surface area contributed by atoms with Gasteiger partial charge in [0.05, 0.1) is 12.2 Å². The minimum atomic E-state index is 0. The monoisotopic (exact) mass is 413 g/mol. The molecule has 0 radical (unpaired) electrons. The van der Waals surface area contributed by atoms with Crippen molar-refractivity contribution >= 4 is 29.9 Å². The minimum Gasteiger partial charge on any atom is -0.349 e. The SMILES string of the molecule is CN(C)C(=NCc1cn(C)nc1-c1ccccc1)N(C)C.I. The van der Waals surface area contributed by atoms with Crippen LogP contribution in [-0.2, 0) is 13.6 Å². The van der Waals surface area contributed by atoms with E-state index in [2.05, 4.69) is 17.2 Å². The molecular weight excluding hydrogens is 389 g/mol. The number of aromatic nitrogens is 2. The van der Waals surface area contributed by atoms with Gasteiger partial charge in [-0.15, -0.1) is 24.0 Å². The zero-order valence-corrected chi connectivity index (χ0v) is 16.1. The maximum atomic E-state index is 4.71. The average molecular weight is 413 g/mol. The van der Waals surface area contributed by atoms with Gasteiger partial charge in [0.25, 0.3) is 0 Å². The highest BCUT2D eigenvalue weighted by Crippen LogP contribution is 2.22. The van der Waals surface area contributed by atoms with Gasteiger partial charge in [-0.2, -0.15) is 5.10 Å². The summed E-state index contributed by atoms with van der Waals surface area (Å²) in [5.74, 6) is 0.942. The van der Waals surface area contributed by atoms with Gasteiger partial charge in [-0.05, 0) is 0 Å². The topological polar surface area (TPSA) is 36.7 Å². The van der Waals surface area contributed by atoms with Crippen molar-refractivity contribution in [1.29, 1.82) is 0 Å². The van der Waals surface area contributed by atoms with Gasteiger partial charge in [0.1, 0.15) is 0 Å². The van der Waals surface area contributed by atoms with Gasteiger partial charge in [-0.1, -0.05) is 30.3 Å². The summed E-state index contributed by atoms with van der Waals surface area (Å²) in [5, 5.41) is 4.57. The first-order chi connectivity index (χ1) is 9.99. The van der Waals surface area contributed by atoms with Crippen LogP contribution in [-0.4, -0.2) is 53.7 Å². The van der Waals surface area contributed by atoms with Gasteiger partial charge in [0.15, 0.2) is 5.96 Å². The number of guanidine groups is 1. The van der Waals surface area contributed by atoms with E-state index in [0.717, 1.165) is 22.8 Å². The first kappa shape index (κ1) is 18.5. The lowest BCUT2D eigenvalue weighted by Crippen LogP contribution is -2.35. The molecule has 6 heteroatoms. The quantitative estimate of drug-likeness (QED) is 0.441. The lowest BCUT2D eigenvalue weighted by molar-refractivity contribution is 0.479. The number of hydrogen-bond acceptors (Lipinski definition) is 2. The zero-order chi connectivity index (χ0) is 15.4. The molecule has 1 aromatic carbocycles. The van der Waals surface area contributed by atoms with E-state index in [1.165, 1.54) is 0 Å². The Hall–Kier alpha value is -1.57. The number of rotatable bonds is 3. The second-order valence-corrected chi connectivity index (χ2v) is 5.45. The molecule has 0 aliphatic carbocycles. The molecule has 120 valence electrons. The summed E-state index contributed by atoms with van der Waals surface area (Å²) in [4.78, 5) is 8.73. The number of aryl methyl sites for hydroxylation is 1. The second-order valence-electron chi connectivity index (χ2n) is 5.45. The maximum absolute atomic E-state index is 4.71. The van der Waals surface area contributed by atoms with Gasteiger partial charge in [-0.3, -0.25) is 4.68 Å². The smallest absolute Gasteiger partial charge is 0.195 e. The molecule has 1 heterocycles. The molecule has 0 fully saturated rings. The van der Waals surface area contributed by atoms with Crippen LogP contribution in [0.5, 0.6) is 0 Å². The lowest BCUT2D eigenvalue weighted by Gasteiger charge is -2.22. The van der Waals surface area contributed by atoms with Crippen LogP contribution in [0.1, 0.15) is 5.56 Å². The van der Waals surface area contributed by atoms with Gasteiger partial charge in [0.2, 0.25) is 0 Å². The fraction of sp³-hybridized carbons (Fsp3) is 0.375. The third-order valence-corrected chi connectivity index (χ3v) is 3.14. The first-order valence-electron chi connectivity index (χ1n) is 6.96. The molecule has 2 aromatic rings. The van der Waals surface area contributed by atoms with Gasteiger partial charge >= 0.3 is 0 Å². The van der Waals surface area contributed by atoms with E-state index in [9.17, 15) is 0 Å². The van der Waals surface area contributed by atoms with Crippen LogP contribution in [0, 0.1) is 0 Å². The van der Waals surface area contributed by atoms with Crippen molar-refractivity contribution < 1.29 is 0 Å². The predicted octanol–water partition coefficient (Wildman–Crippen LogP) is 2.68. The Morgan fingerprint density at radius 1 is 1.09 bits per heavy atom. The highest BCUT2D eigenvalue weighted by atomic mass is 127. The first-order valence-corrected chi connectivity index (χ1v) is 6.96. The summed E-state index contributed by atoms with van der Waals surface area (Å²) in [5.41, 5.74) is 3.25. The van der Waals surface area contributed by atoms with Crippen molar-refractivity contribution in [2.24, 2.45) is 12.0 Å². The normalized spacial score (nSPS) is 9.86. The molecule has 1 aromatic heterocycles. The maximum Gasteiger partial charge on any atom is 0.195 e. The predicted molar refractivity (Wildman–Crippen MR) is 103 cm³/mol. The molecule has 0 unspecified atom stereocenters. The highest BCUT2D eigenvalue weighted by molar-refractivity contribution is 14.0. The molecular formula is C16H24IN5. The van der Waals surface area contributed by atoms with Crippen LogP contribution in [0.4, 0.5) is 0 Å². The van der Waals surface area contributed by atoms with Crippen molar-refractivity contribution in [2.75, 3.05) is 28.2 Å². The van der Waals surface area contributed by atoms with Gasteiger partial charge < -0.3 is 9.80 Å². The lowest BCUT2D eigenvalue weighted by atomic mass is 10.1. The Balaban J connectivity index is 0.00000242. The summed E-state index contributed by atoms with van der Waals surface area (Å²) in [6.07, 6.45) is 2.04. The van der Waals surface area contributed by atoms with E-state index in [4.69, 9.17) is 4.99 Å². The number of aliphatic imine (C=N–C) groups is 1. The van der Waals surface area contributed by atoms with Crippen LogP contribution in [0.3, 0.4) is 0 Å². The Kier molecular flexibility index (Phi) is 6.86. The van der Waals surface area contributed by atoms with Crippen LogP contribution in [0.25, 0.3) is 11.3 Å². The van der Waals surface area contributed by atoms with Gasteiger partial charge in [0, 0.05) is 52.6 Å². The molecule has 22 heavy (non-hydrogen) atoms. The van der Waals surface area contributed by atoms with Crippen molar-refractivity contribution in [2.45, 2.75) is 6.54 Å². The standard InChI is InChI=1S/C16H23N5.HI/c1-19(2)16(20(3)4)17-11-14-12-21(5)18-15(14)13-9-7-6-8-10-13;/h6-10,12H,11H2,1-5H3;1H. The van der Waals surface area contributed by atoms with E-state index in [1.807, 2.05) is 74.1 Å². The summed E-state index contributed by atoms with van der Waals surface area (Å²) in [7, 11) is 9.94. The molecule has 2 rings (SSSR count). The van der Waals surface area contributed by atoms with E-state index in [-0.39, 0.29) is 24.0 Å². The highest BCUT2D eigenvalue weighted by Gasteiger charge is 2.11. The summed E-state index contributed by atoms with van der Waals surface area (Å²) in [6, 6.07) is 10.2. The Morgan fingerprint density at radius 3 is 2.23 bits per heavy atom. The van der Waals surface area contributed by atoms with Crippen LogP contribution < -0.4 is 0 Å². The molecule has 0 atom stereocenters.